The molecule has 5 aromatic rings. The number of carbonyl (C=O) groups excluding carboxylic acids is 3. The van der Waals surface area contributed by atoms with E-state index < -0.39 is 156 Å². The first-order valence-corrected chi connectivity index (χ1v) is 19.8. The summed E-state index contributed by atoms with van der Waals surface area (Å²) in [6.45, 7) is 0. The topological polar surface area (TPSA) is 457 Å². The van der Waals surface area contributed by atoms with Crippen LogP contribution in [0.1, 0.15) is 51.8 Å². The van der Waals surface area contributed by atoms with Gasteiger partial charge in [-0.25, -0.2) is 9.59 Å². The predicted molar refractivity (Wildman–Crippen MR) is 193 cm³/mol. The van der Waals surface area contributed by atoms with E-state index in [1.165, 1.54) is 0 Å². The van der Waals surface area contributed by atoms with Gasteiger partial charge in [0, 0.05) is 17.1 Å². The second-order valence-corrected chi connectivity index (χ2v) is 15.2. The van der Waals surface area contributed by atoms with Crippen LogP contribution in [0.5, 0.6) is 86.2 Å². The van der Waals surface area contributed by atoms with E-state index in [4.69, 9.17) is 49.3 Å². The van der Waals surface area contributed by atoms with Crippen LogP contribution in [-0.4, -0.2) is 140 Å². The molecule has 333 valence electrons. The molecule has 0 fully saturated rings. The number of hydrogen-bond donors (Lipinski definition) is 17. The Hall–Kier alpha value is -8.15. The van der Waals surface area contributed by atoms with E-state index in [2.05, 4.69) is 0 Å². The Morgan fingerprint density at radius 3 is 0.597 bits per heavy atom. The summed E-state index contributed by atoms with van der Waals surface area (Å²) in [5.41, 5.74) is -2.29. The van der Waals surface area contributed by atoms with Gasteiger partial charge in [0.15, 0.2) is 34.5 Å². The Morgan fingerprint density at radius 1 is 0.306 bits per heavy atom. The van der Waals surface area contributed by atoms with Gasteiger partial charge in [0.2, 0.25) is 0 Å². The minimum Gasteiger partial charge on any atom is 0 e. The normalized spacial score (nSPS) is 10.1. The molecule has 0 spiro atoms. The van der Waals surface area contributed by atoms with Crippen molar-refractivity contribution in [2.75, 3.05) is 0 Å². The van der Waals surface area contributed by atoms with Crippen LogP contribution in [0.15, 0.2) is 60.7 Å². The number of carbonyl (C=O) groups is 5. The molecule has 0 saturated heterocycles. The van der Waals surface area contributed by atoms with E-state index in [9.17, 15) is 69.9 Å². The molecule has 62 heavy (non-hydrogen) atoms. The molecule has 1 radical (unpaired) electrons. The molecule has 0 aromatic heterocycles. The van der Waals surface area contributed by atoms with Gasteiger partial charge in [0.1, 0.15) is 0 Å². The molecule has 0 amide bonds. The quantitative estimate of drug-likeness (QED) is 0.0779. The second kappa shape index (κ2) is 20.7. The van der Waals surface area contributed by atoms with E-state index >= 15 is 0 Å². The van der Waals surface area contributed by atoms with Crippen molar-refractivity contribution in [3.8, 4) is 86.2 Å². The van der Waals surface area contributed by atoms with Crippen LogP contribution >= 0.6 is 0 Å². The van der Waals surface area contributed by atoms with Crippen molar-refractivity contribution in [3.63, 3.8) is 0 Å². The zero-order valence-corrected chi connectivity index (χ0v) is 34.3. The van der Waals surface area contributed by atoms with E-state index in [0.717, 1.165) is 24.3 Å². The molecule has 0 saturated carbocycles. The van der Waals surface area contributed by atoms with Crippen LogP contribution in [0, 0.1) is 0 Å². The zero-order valence-electron chi connectivity index (χ0n) is 29.9. The van der Waals surface area contributed by atoms with Gasteiger partial charge in [-0.1, -0.05) is 0 Å². The molecule has 25 nitrogen and oxygen atoms in total. The minimum atomic E-state index is -5.08. The van der Waals surface area contributed by atoms with Gasteiger partial charge in [-0.3, -0.25) is 0 Å². The van der Waals surface area contributed by atoms with Crippen molar-refractivity contribution >= 4 is 52.9 Å². The fraction of sp³-hybridized carbons (Fsp3) is 0. The Morgan fingerprint density at radius 2 is 0.452 bits per heavy atom. The molecule has 0 aliphatic rings. The number of aromatic carboxylic acids is 2. The SMILES string of the molecule is O=C(O)c1cc(O)c(O)c(O)c1.O=C(O)c1cc(O)c(O)c(O)c1.O=C([O][Bi]([O]C(=O)c1cc(O)c(O)c(O)c1)[O]C(=O)c1cc(O)c(O)c(O)c1)c1cc(O)c(O)c(O)c1.[Cu]. The maximum atomic E-state index is 12.5. The summed E-state index contributed by atoms with van der Waals surface area (Å²) in [6, 6.07) is 7.43. The third-order valence-electron chi connectivity index (χ3n) is 7.02. The van der Waals surface area contributed by atoms with Gasteiger partial charge in [0.05, 0.1) is 11.1 Å². The molecule has 0 heterocycles. The summed E-state index contributed by atoms with van der Waals surface area (Å²) in [6.07, 6.45) is 0. The third-order valence-corrected chi connectivity index (χ3v) is 10.7. The first-order valence-electron chi connectivity index (χ1n) is 15.5. The third kappa shape index (κ3) is 12.4. The zero-order chi connectivity index (χ0) is 46.2. The number of carboxylic acids is 2. The summed E-state index contributed by atoms with van der Waals surface area (Å²) in [5, 5.41) is 156. The number of aromatic hydroxyl groups is 15. The van der Waals surface area contributed by atoms with Gasteiger partial charge >= 0.3 is 227 Å². The van der Waals surface area contributed by atoms with E-state index in [0.29, 0.717) is 36.4 Å². The van der Waals surface area contributed by atoms with E-state index in [-0.39, 0.29) is 28.2 Å². The first kappa shape index (κ1) is 50.0. The minimum absolute atomic E-state index is 0. The Bertz CT molecular complexity index is 2210. The Balaban J connectivity index is 0.000000428. The number of rotatable bonds is 8. The van der Waals surface area contributed by atoms with Gasteiger partial charge in [-0.05, 0) is 24.3 Å². The molecule has 17 N–H and O–H groups in total. The number of benzene rings is 5. The molecule has 0 atom stereocenters. The van der Waals surface area contributed by atoms with Crippen LogP contribution < -0.4 is 0 Å². The fourth-order valence-corrected chi connectivity index (χ4v) is 7.28. The van der Waals surface area contributed by atoms with Crippen molar-refractivity contribution in [2.45, 2.75) is 0 Å². The standard InChI is InChI=1S/5C7H6O5.Bi.Cu/c5*8-4-1-3(7(11)12)2-5(9)6(4)10;;/h5*1-2,8-10H,(H,11,12);;/q;;;;;+3;/p-3. The van der Waals surface area contributed by atoms with Crippen molar-refractivity contribution < 1.29 is 136 Å². The summed E-state index contributed by atoms with van der Waals surface area (Å²) < 4.78 is 14.9. The van der Waals surface area contributed by atoms with E-state index in [1.807, 2.05) is 0 Å². The van der Waals surface area contributed by atoms with Crippen LogP contribution in [-0.2, 0) is 25.5 Å². The average molecular weight is 1120 g/mol. The maximum absolute atomic E-state index is 12.5. The molecular formula is C35H27BiCuO25. The van der Waals surface area contributed by atoms with Gasteiger partial charge in [0.25, 0.3) is 0 Å². The first-order chi connectivity index (χ1) is 28.3. The number of phenolic OH excluding ortho intramolecular Hbond substituents is 15. The predicted octanol–water partition coefficient (Wildman–Crippen LogP) is 1.89. The Labute approximate surface area is 362 Å². The molecule has 0 unspecified atom stereocenters. The monoisotopic (exact) mass is 1120 g/mol. The molecule has 0 bridgehead atoms. The van der Waals surface area contributed by atoms with Crippen molar-refractivity contribution in [3.05, 3.63) is 88.5 Å². The number of phenols is 15. The van der Waals surface area contributed by atoms with Gasteiger partial charge < -0.3 is 40.9 Å². The summed E-state index contributed by atoms with van der Waals surface area (Å²) in [4.78, 5) is 58.2. The smallest absolute Gasteiger partial charge is 0 e. The summed E-state index contributed by atoms with van der Waals surface area (Å²) in [5.74, 6) is -19.2. The fourth-order valence-electron chi connectivity index (χ4n) is 4.04. The molecular weight excluding hydrogens is 1090 g/mol. The summed E-state index contributed by atoms with van der Waals surface area (Å²) in [7, 11) is 0. The molecule has 5 rings (SSSR count). The maximum Gasteiger partial charge on any atom is 0 e. The Kier molecular flexibility index (Phi) is 16.7. The van der Waals surface area contributed by atoms with Gasteiger partial charge in [-0.2, -0.15) is 0 Å². The second-order valence-electron chi connectivity index (χ2n) is 11.3. The van der Waals surface area contributed by atoms with Crippen molar-refractivity contribution in [1.29, 1.82) is 0 Å². The molecule has 5 aromatic carbocycles. The van der Waals surface area contributed by atoms with E-state index in [1.54, 1.807) is 0 Å². The number of hydrogen-bond acceptors (Lipinski definition) is 23. The van der Waals surface area contributed by atoms with Crippen molar-refractivity contribution in [2.24, 2.45) is 0 Å². The van der Waals surface area contributed by atoms with Crippen molar-refractivity contribution in [1.82, 2.24) is 0 Å². The average Bonchev–Trinajstić information content (AvgIpc) is 3.18. The number of carboxylic acid groups (broad SMARTS) is 2. The molecule has 0 aliphatic carbocycles. The van der Waals surface area contributed by atoms with Crippen LogP contribution in [0.4, 0.5) is 0 Å². The van der Waals surface area contributed by atoms with Crippen LogP contribution in [0.25, 0.3) is 0 Å². The molecule has 0 aliphatic heterocycles. The summed E-state index contributed by atoms with van der Waals surface area (Å²) >= 11 is -5.08. The van der Waals surface area contributed by atoms with Crippen LogP contribution in [0.3, 0.4) is 0 Å². The molecule has 27 heteroatoms. The largest absolute Gasteiger partial charge is 0 e. The van der Waals surface area contributed by atoms with Crippen LogP contribution in [0.2, 0.25) is 0 Å². The van der Waals surface area contributed by atoms with Gasteiger partial charge in [-0.15, -0.1) is 0 Å².